The molecule has 0 saturated heterocycles. The van der Waals surface area contributed by atoms with E-state index < -0.39 is 0 Å². The summed E-state index contributed by atoms with van der Waals surface area (Å²) in [6.45, 7) is 4.56. The minimum absolute atomic E-state index is 0.0165. The van der Waals surface area contributed by atoms with Crippen molar-refractivity contribution in [3.8, 4) is 5.75 Å². The van der Waals surface area contributed by atoms with Crippen molar-refractivity contribution in [3.63, 3.8) is 0 Å². The number of benzene rings is 2. The Morgan fingerprint density at radius 1 is 1.09 bits per heavy atom. The topological polar surface area (TPSA) is 39.4 Å². The maximum absolute atomic E-state index is 12.5. The quantitative estimate of drug-likeness (QED) is 0.703. The molecular weight excluding hydrogens is 288 g/mol. The molecule has 1 aromatic heterocycles. The fraction of sp³-hybridized carbons (Fsp3) is 0.150. The van der Waals surface area contributed by atoms with Gasteiger partial charge in [-0.15, -0.1) is 0 Å². The second-order valence-corrected chi connectivity index (χ2v) is 5.36. The van der Waals surface area contributed by atoms with Gasteiger partial charge in [-0.1, -0.05) is 29.8 Å². The van der Waals surface area contributed by atoms with Gasteiger partial charge in [0.05, 0.1) is 17.6 Å². The standard InChI is InChI=1S/C20H18O3/c1-3-22-17-9-6-15(7-10-17)5-8-16-13-23-19-11-4-14(2)12-18(19)20(16)21/h4-13H,3H2,1-2H3/b8-5-. The molecule has 0 saturated carbocycles. The summed E-state index contributed by atoms with van der Waals surface area (Å²) in [5.41, 5.74) is 3.17. The number of aryl methyl sites for hydroxylation is 1. The lowest BCUT2D eigenvalue weighted by Crippen LogP contribution is -2.04. The summed E-state index contributed by atoms with van der Waals surface area (Å²) >= 11 is 0. The first-order chi connectivity index (χ1) is 11.2. The van der Waals surface area contributed by atoms with E-state index in [1.54, 1.807) is 6.08 Å². The van der Waals surface area contributed by atoms with Gasteiger partial charge in [0.2, 0.25) is 0 Å². The maximum atomic E-state index is 12.5. The number of ether oxygens (including phenoxy) is 1. The zero-order valence-electron chi connectivity index (χ0n) is 13.2. The summed E-state index contributed by atoms with van der Waals surface area (Å²) in [7, 11) is 0. The molecule has 0 aliphatic heterocycles. The van der Waals surface area contributed by atoms with Gasteiger partial charge in [0, 0.05) is 0 Å². The Morgan fingerprint density at radius 2 is 1.87 bits per heavy atom. The molecule has 23 heavy (non-hydrogen) atoms. The Kier molecular flexibility index (Phi) is 4.29. The van der Waals surface area contributed by atoms with Gasteiger partial charge in [-0.3, -0.25) is 4.79 Å². The predicted octanol–water partition coefficient (Wildman–Crippen LogP) is 4.67. The van der Waals surface area contributed by atoms with Gasteiger partial charge in [0.25, 0.3) is 0 Å². The van der Waals surface area contributed by atoms with E-state index in [0.717, 1.165) is 16.9 Å². The van der Waals surface area contributed by atoms with Gasteiger partial charge in [0.1, 0.15) is 17.6 Å². The van der Waals surface area contributed by atoms with E-state index in [9.17, 15) is 4.79 Å². The van der Waals surface area contributed by atoms with Crippen molar-refractivity contribution in [2.75, 3.05) is 6.61 Å². The highest BCUT2D eigenvalue weighted by molar-refractivity contribution is 5.81. The van der Waals surface area contributed by atoms with Crippen molar-refractivity contribution < 1.29 is 9.15 Å². The van der Waals surface area contributed by atoms with Crippen LogP contribution in [0.15, 0.2) is 57.9 Å². The Hall–Kier alpha value is -2.81. The summed E-state index contributed by atoms with van der Waals surface area (Å²) in [6, 6.07) is 13.3. The average Bonchev–Trinajstić information content (AvgIpc) is 2.56. The lowest BCUT2D eigenvalue weighted by atomic mass is 10.1. The van der Waals surface area contributed by atoms with Crippen LogP contribution in [0.1, 0.15) is 23.6 Å². The normalized spacial score (nSPS) is 11.2. The van der Waals surface area contributed by atoms with Crippen molar-refractivity contribution in [2.45, 2.75) is 13.8 Å². The van der Waals surface area contributed by atoms with Crippen molar-refractivity contribution >= 4 is 23.1 Å². The van der Waals surface area contributed by atoms with Crippen LogP contribution in [-0.4, -0.2) is 6.61 Å². The van der Waals surface area contributed by atoms with Crippen LogP contribution in [0.4, 0.5) is 0 Å². The molecule has 0 radical (unpaired) electrons. The third-order valence-corrected chi connectivity index (χ3v) is 3.60. The van der Waals surface area contributed by atoms with Gasteiger partial charge < -0.3 is 9.15 Å². The van der Waals surface area contributed by atoms with E-state index in [1.165, 1.54) is 6.26 Å². The molecule has 0 aliphatic carbocycles. The first kappa shape index (κ1) is 15.1. The second-order valence-electron chi connectivity index (χ2n) is 5.36. The number of fused-ring (bicyclic) bond motifs is 1. The zero-order chi connectivity index (χ0) is 16.2. The number of rotatable bonds is 4. The van der Waals surface area contributed by atoms with Crippen molar-refractivity contribution in [3.05, 3.63) is 75.6 Å². The molecule has 3 nitrogen and oxygen atoms in total. The van der Waals surface area contributed by atoms with Crippen LogP contribution in [0.3, 0.4) is 0 Å². The van der Waals surface area contributed by atoms with Crippen molar-refractivity contribution in [1.29, 1.82) is 0 Å². The van der Waals surface area contributed by atoms with Crippen LogP contribution in [0, 0.1) is 6.92 Å². The van der Waals surface area contributed by atoms with Crippen LogP contribution >= 0.6 is 0 Å². The van der Waals surface area contributed by atoms with Gasteiger partial charge >= 0.3 is 0 Å². The first-order valence-electron chi connectivity index (χ1n) is 7.60. The largest absolute Gasteiger partial charge is 0.494 e. The summed E-state index contributed by atoms with van der Waals surface area (Å²) in [5, 5.41) is 0.610. The molecule has 0 N–H and O–H groups in total. The predicted molar refractivity (Wildman–Crippen MR) is 93.8 cm³/mol. The molecule has 0 aliphatic rings. The lowest BCUT2D eigenvalue weighted by Gasteiger charge is -2.02. The minimum atomic E-state index is -0.0165. The average molecular weight is 306 g/mol. The van der Waals surface area contributed by atoms with Crippen LogP contribution in [0.2, 0.25) is 0 Å². The fourth-order valence-electron chi connectivity index (χ4n) is 2.40. The van der Waals surface area contributed by atoms with Gasteiger partial charge in [-0.2, -0.15) is 0 Å². The van der Waals surface area contributed by atoms with E-state index in [0.29, 0.717) is 23.1 Å². The van der Waals surface area contributed by atoms with E-state index in [2.05, 4.69) is 0 Å². The van der Waals surface area contributed by atoms with Crippen LogP contribution in [0.5, 0.6) is 5.75 Å². The molecule has 3 aromatic rings. The molecule has 0 unspecified atom stereocenters. The zero-order valence-corrected chi connectivity index (χ0v) is 13.2. The van der Waals surface area contributed by atoms with Gasteiger partial charge in [-0.25, -0.2) is 0 Å². The molecular formula is C20H18O3. The third-order valence-electron chi connectivity index (χ3n) is 3.60. The van der Waals surface area contributed by atoms with Crippen LogP contribution < -0.4 is 10.2 Å². The first-order valence-corrected chi connectivity index (χ1v) is 7.60. The molecule has 116 valence electrons. The molecule has 0 spiro atoms. The molecule has 0 amide bonds. The van der Waals surface area contributed by atoms with Crippen molar-refractivity contribution in [1.82, 2.24) is 0 Å². The van der Waals surface area contributed by atoms with Gasteiger partial charge in [0.15, 0.2) is 5.43 Å². The summed E-state index contributed by atoms with van der Waals surface area (Å²) in [5.74, 6) is 0.838. The highest BCUT2D eigenvalue weighted by atomic mass is 16.5. The molecule has 0 fully saturated rings. The van der Waals surface area contributed by atoms with E-state index in [1.807, 2.05) is 62.4 Å². The van der Waals surface area contributed by atoms with E-state index >= 15 is 0 Å². The summed E-state index contributed by atoms with van der Waals surface area (Å²) in [6.07, 6.45) is 5.18. The third kappa shape index (κ3) is 3.34. The fourth-order valence-corrected chi connectivity index (χ4v) is 2.40. The Balaban J connectivity index is 1.91. The monoisotopic (exact) mass is 306 g/mol. The van der Waals surface area contributed by atoms with E-state index in [4.69, 9.17) is 9.15 Å². The summed E-state index contributed by atoms with van der Waals surface area (Å²) < 4.78 is 11.0. The molecule has 0 bridgehead atoms. The SMILES string of the molecule is CCOc1ccc(/C=C\c2coc3ccc(C)cc3c2=O)cc1. The van der Waals surface area contributed by atoms with Gasteiger partial charge in [-0.05, 0) is 49.8 Å². The maximum Gasteiger partial charge on any atom is 0.199 e. The van der Waals surface area contributed by atoms with E-state index in [-0.39, 0.29) is 5.43 Å². The number of hydrogen-bond donors (Lipinski definition) is 0. The number of hydrogen-bond acceptors (Lipinski definition) is 3. The van der Waals surface area contributed by atoms with Crippen molar-refractivity contribution in [2.24, 2.45) is 0 Å². The summed E-state index contributed by atoms with van der Waals surface area (Å²) in [4.78, 5) is 12.5. The minimum Gasteiger partial charge on any atom is -0.494 e. The molecule has 3 heteroatoms. The van der Waals surface area contributed by atoms with Crippen LogP contribution in [0.25, 0.3) is 23.1 Å². The molecule has 2 aromatic carbocycles. The highest BCUT2D eigenvalue weighted by Crippen LogP contribution is 2.16. The van der Waals surface area contributed by atoms with Crippen LogP contribution in [-0.2, 0) is 0 Å². The second kappa shape index (κ2) is 6.53. The highest BCUT2D eigenvalue weighted by Gasteiger charge is 2.04. The lowest BCUT2D eigenvalue weighted by molar-refractivity contribution is 0.340. The smallest absolute Gasteiger partial charge is 0.199 e. The Morgan fingerprint density at radius 3 is 2.61 bits per heavy atom. The molecule has 3 rings (SSSR count). The molecule has 1 heterocycles. The molecule has 0 atom stereocenters. The Labute approximate surface area is 134 Å². The Bertz CT molecular complexity index is 902.